The topological polar surface area (TPSA) is 18.5 Å². The summed E-state index contributed by atoms with van der Waals surface area (Å²) in [6.45, 7) is 12.5. The van der Waals surface area contributed by atoms with Gasteiger partial charge in [-0.2, -0.15) is 0 Å². The van der Waals surface area contributed by atoms with E-state index in [1.165, 1.54) is 71.4 Å². The Balaban J connectivity index is 1.54. The first-order valence-corrected chi connectivity index (χ1v) is 8.36. The molecule has 0 bridgehead atoms. The van der Waals surface area contributed by atoms with Gasteiger partial charge in [-0.15, -0.1) is 0 Å². The second-order valence-electron chi connectivity index (χ2n) is 7.48. The van der Waals surface area contributed by atoms with E-state index >= 15 is 0 Å². The van der Waals surface area contributed by atoms with Crippen LogP contribution in [0.2, 0.25) is 0 Å². The lowest BCUT2D eigenvalue weighted by Gasteiger charge is -2.49. The van der Waals surface area contributed by atoms with Gasteiger partial charge >= 0.3 is 0 Å². The molecule has 2 saturated heterocycles. The maximum absolute atomic E-state index is 3.56. The standard InChI is InChI=1S/C16H31N3/c1-16(2)13-17-8-7-15(16)19-11-9-18(10-12-19)14-5-3-4-6-14/h14-15,17H,3-13H2,1-2H3. The summed E-state index contributed by atoms with van der Waals surface area (Å²) in [5, 5.41) is 3.56. The van der Waals surface area contributed by atoms with E-state index < -0.39 is 0 Å². The molecule has 0 amide bonds. The van der Waals surface area contributed by atoms with Gasteiger partial charge in [0, 0.05) is 44.8 Å². The highest BCUT2D eigenvalue weighted by Crippen LogP contribution is 2.31. The Morgan fingerprint density at radius 2 is 1.53 bits per heavy atom. The van der Waals surface area contributed by atoms with E-state index in [9.17, 15) is 0 Å². The lowest BCUT2D eigenvalue weighted by atomic mass is 9.79. The molecule has 3 fully saturated rings. The third-order valence-electron chi connectivity index (χ3n) is 5.71. The fraction of sp³-hybridized carbons (Fsp3) is 1.00. The van der Waals surface area contributed by atoms with Crippen molar-refractivity contribution in [3.05, 3.63) is 0 Å². The fourth-order valence-corrected chi connectivity index (χ4v) is 4.52. The van der Waals surface area contributed by atoms with Gasteiger partial charge in [0.15, 0.2) is 0 Å². The Morgan fingerprint density at radius 3 is 2.16 bits per heavy atom. The van der Waals surface area contributed by atoms with Gasteiger partial charge in [0.25, 0.3) is 0 Å². The summed E-state index contributed by atoms with van der Waals surface area (Å²) in [4.78, 5) is 5.56. The molecule has 2 aliphatic heterocycles. The Kier molecular flexibility index (Phi) is 4.16. The van der Waals surface area contributed by atoms with Gasteiger partial charge in [0.2, 0.25) is 0 Å². The molecule has 3 heteroatoms. The molecule has 110 valence electrons. The van der Waals surface area contributed by atoms with Crippen LogP contribution < -0.4 is 5.32 Å². The summed E-state index contributed by atoms with van der Waals surface area (Å²) in [5.41, 5.74) is 0.438. The van der Waals surface area contributed by atoms with E-state index in [1.54, 1.807) is 0 Å². The fourth-order valence-electron chi connectivity index (χ4n) is 4.52. The van der Waals surface area contributed by atoms with Crippen LogP contribution >= 0.6 is 0 Å². The molecule has 0 radical (unpaired) electrons. The minimum absolute atomic E-state index is 0.438. The Morgan fingerprint density at radius 1 is 0.895 bits per heavy atom. The predicted octanol–water partition coefficient (Wildman–Crippen LogP) is 1.93. The van der Waals surface area contributed by atoms with Crippen molar-refractivity contribution in [2.75, 3.05) is 39.3 Å². The molecule has 1 saturated carbocycles. The minimum atomic E-state index is 0.438. The summed E-state index contributed by atoms with van der Waals surface area (Å²) in [7, 11) is 0. The highest BCUT2D eigenvalue weighted by Gasteiger charge is 2.38. The lowest BCUT2D eigenvalue weighted by Crippen LogP contribution is -2.60. The minimum Gasteiger partial charge on any atom is -0.316 e. The molecule has 1 unspecified atom stereocenters. The summed E-state index contributed by atoms with van der Waals surface area (Å²) >= 11 is 0. The molecular weight excluding hydrogens is 234 g/mol. The van der Waals surface area contributed by atoms with Gasteiger partial charge in [-0.3, -0.25) is 9.80 Å². The van der Waals surface area contributed by atoms with E-state index in [1.807, 2.05) is 0 Å². The first-order valence-electron chi connectivity index (χ1n) is 8.36. The van der Waals surface area contributed by atoms with E-state index in [0.717, 1.165) is 12.1 Å². The van der Waals surface area contributed by atoms with Gasteiger partial charge in [-0.05, 0) is 31.2 Å². The van der Waals surface area contributed by atoms with Crippen molar-refractivity contribution in [1.82, 2.24) is 15.1 Å². The van der Waals surface area contributed by atoms with Gasteiger partial charge in [-0.1, -0.05) is 26.7 Å². The number of piperazine rings is 1. The van der Waals surface area contributed by atoms with Crippen LogP contribution in [-0.4, -0.2) is 61.2 Å². The van der Waals surface area contributed by atoms with E-state index in [0.29, 0.717) is 5.41 Å². The van der Waals surface area contributed by atoms with Crippen molar-refractivity contribution >= 4 is 0 Å². The van der Waals surface area contributed by atoms with Crippen LogP contribution in [0.4, 0.5) is 0 Å². The molecule has 1 N–H and O–H groups in total. The number of hydrogen-bond donors (Lipinski definition) is 1. The molecule has 2 heterocycles. The van der Waals surface area contributed by atoms with Crippen LogP contribution in [0.3, 0.4) is 0 Å². The second kappa shape index (κ2) is 5.71. The van der Waals surface area contributed by atoms with Crippen LogP contribution in [-0.2, 0) is 0 Å². The third-order valence-corrected chi connectivity index (χ3v) is 5.71. The quantitative estimate of drug-likeness (QED) is 0.823. The Labute approximate surface area is 118 Å². The first-order chi connectivity index (χ1) is 9.17. The maximum Gasteiger partial charge on any atom is 0.0172 e. The van der Waals surface area contributed by atoms with E-state index in [4.69, 9.17) is 0 Å². The zero-order valence-corrected chi connectivity index (χ0v) is 12.8. The number of nitrogens with one attached hydrogen (secondary N) is 1. The normalized spacial score (nSPS) is 34.7. The zero-order chi connectivity index (χ0) is 13.3. The number of nitrogens with zero attached hydrogens (tertiary/aromatic N) is 2. The molecule has 0 aromatic heterocycles. The lowest BCUT2D eigenvalue weighted by molar-refractivity contribution is 0.0105. The molecule has 0 aromatic carbocycles. The van der Waals surface area contributed by atoms with E-state index in [-0.39, 0.29) is 0 Å². The molecule has 0 aromatic rings. The molecule has 1 aliphatic carbocycles. The van der Waals surface area contributed by atoms with Crippen LogP contribution in [0.1, 0.15) is 46.0 Å². The van der Waals surface area contributed by atoms with Gasteiger partial charge in [0.1, 0.15) is 0 Å². The summed E-state index contributed by atoms with van der Waals surface area (Å²) in [6, 6.07) is 1.71. The highest BCUT2D eigenvalue weighted by molar-refractivity contribution is 4.94. The SMILES string of the molecule is CC1(C)CNCCC1N1CCN(C2CCCC2)CC1. The van der Waals surface area contributed by atoms with Crippen molar-refractivity contribution in [2.45, 2.75) is 58.0 Å². The molecule has 3 aliphatic rings. The Bertz CT molecular complexity index is 288. The number of hydrogen-bond acceptors (Lipinski definition) is 3. The number of rotatable bonds is 2. The summed E-state index contributed by atoms with van der Waals surface area (Å²) in [5.74, 6) is 0. The molecule has 0 spiro atoms. The van der Waals surface area contributed by atoms with Crippen molar-refractivity contribution in [3.63, 3.8) is 0 Å². The summed E-state index contributed by atoms with van der Waals surface area (Å²) < 4.78 is 0. The third kappa shape index (κ3) is 2.98. The predicted molar refractivity (Wildman–Crippen MR) is 80.5 cm³/mol. The second-order valence-corrected chi connectivity index (χ2v) is 7.48. The largest absolute Gasteiger partial charge is 0.316 e. The monoisotopic (exact) mass is 265 g/mol. The van der Waals surface area contributed by atoms with Crippen molar-refractivity contribution in [3.8, 4) is 0 Å². The van der Waals surface area contributed by atoms with Crippen molar-refractivity contribution < 1.29 is 0 Å². The highest BCUT2D eigenvalue weighted by atomic mass is 15.3. The Hall–Kier alpha value is -0.120. The first kappa shape index (κ1) is 13.8. The van der Waals surface area contributed by atoms with Gasteiger partial charge in [-0.25, -0.2) is 0 Å². The van der Waals surface area contributed by atoms with Gasteiger partial charge < -0.3 is 5.32 Å². The maximum atomic E-state index is 3.56. The van der Waals surface area contributed by atoms with Crippen LogP contribution in [0, 0.1) is 5.41 Å². The van der Waals surface area contributed by atoms with E-state index in [2.05, 4.69) is 29.0 Å². The number of piperidine rings is 1. The van der Waals surface area contributed by atoms with Crippen LogP contribution in [0.5, 0.6) is 0 Å². The molecule has 19 heavy (non-hydrogen) atoms. The van der Waals surface area contributed by atoms with Crippen LogP contribution in [0.15, 0.2) is 0 Å². The molecule has 3 nitrogen and oxygen atoms in total. The molecular formula is C16H31N3. The molecule has 1 atom stereocenters. The molecule has 3 rings (SSSR count). The average molecular weight is 265 g/mol. The zero-order valence-electron chi connectivity index (χ0n) is 12.8. The van der Waals surface area contributed by atoms with Crippen LogP contribution in [0.25, 0.3) is 0 Å². The summed E-state index contributed by atoms with van der Waals surface area (Å²) in [6.07, 6.45) is 7.17. The average Bonchev–Trinajstić information content (AvgIpc) is 2.92. The van der Waals surface area contributed by atoms with Crippen molar-refractivity contribution in [1.29, 1.82) is 0 Å². The van der Waals surface area contributed by atoms with Crippen molar-refractivity contribution in [2.24, 2.45) is 5.41 Å². The van der Waals surface area contributed by atoms with Gasteiger partial charge in [0.05, 0.1) is 0 Å². The smallest absolute Gasteiger partial charge is 0.0172 e.